The second kappa shape index (κ2) is 11.6. The second-order valence-electron chi connectivity index (χ2n) is 10.4. The van der Waals surface area contributed by atoms with Crippen LogP contribution in [-0.4, -0.2) is 18.0 Å². The Balaban J connectivity index is 0.000000193. The Bertz CT molecular complexity index is 1620. The van der Waals surface area contributed by atoms with Gasteiger partial charge in [0.2, 0.25) is 0 Å². The van der Waals surface area contributed by atoms with E-state index in [1.165, 1.54) is 16.3 Å². The zero-order valence-electron chi connectivity index (χ0n) is 22.3. The standard InChI is InChI=1S/C20H18NOSi.C13H12N.Ir/c1-23(2,3)15-8-6-7-14(11-15)18-12-20-17(13-21-18)16-9-4-5-10-19(16)22-20;1-10-3-6-12(7-4-10)13-8-5-11(2)9-14-13;/h4-6,8-13H,1-3H3;3-6,8-9H,1-2H3;/q2*-1;. The normalized spacial score (nSPS) is 11.1. The van der Waals surface area contributed by atoms with Crippen molar-refractivity contribution >= 4 is 35.2 Å². The predicted molar refractivity (Wildman–Crippen MR) is 157 cm³/mol. The zero-order valence-corrected chi connectivity index (χ0v) is 25.7. The maximum atomic E-state index is 5.97. The molecule has 0 unspecified atom stereocenters. The Labute approximate surface area is 239 Å². The number of rotatable bonds is 3. The van der Waals surface area contributed by atoms with Crippen LogP contribution in [0.4, 0.5) is 0 Å². The molecule has 1 radical (unpaired) electrons. The van der Waals surface area contributed by atoms with Gasteiger partial charge in [-0.3, -0.25) is 0 Å². The van der Waals surface area contributed by atoms with E-state index in [9.17, 15) is 0 Å². The Kier molecular flexibility index (Phi) is 8.42. The summed E-state index contributed by atoms with van der Waals surface area (Å²) >= 11 is 0. The molecular formula is C33H30IrN2OSi-2. The van der Waals surface area contributed by atoms with Gasteiger partial charge in [-0.05, 0) is 36.0 Å². The summed E-state index contributed by atoms with van der Waals surface area (Å²) in [7, 11) is -1.35. The summed E-state index contributed by atoms with van der Waals surface area (Å²) < 4.78 is 5.97. The molecule has 3 nitrogen and oxygen atoms in total. The molecule has 3 heterocycles. The molecule has 0 aliphatic rings. The molecular weight excluding hydrogens is 661 g/mol. The van der Waals surface area contributed by atoms with E-state index >= 15 is 0 Å². The molecule has 0 aliphatic carbocycles. The molecule has 0 spiro atoms. The number of hydrogen-bond acceptors (Lipinski definition) is 3. The molecule has 0 aliphatic heterocycles. The minimum Gasteiger partial charge on any atom is -0.457 e. The number of aromatic nitrogens is 2. The summed E-state index contributed by atoms with van der Waals surface area (Å²) in [4.78, 5) is 8.99. The van der Waals surface area contributed by atoms with Gasteiger partial charge < -0.3 is 14.4 Å². The third-order valence-corrected chi connectivity index (χ3v) is 8.41. The van der Waals surface area contributed by atoms with E-state index in [-0.39, 0.29) is 20.1 Å². The Morgan fingerprint density at radius 2 is 1.45 bits per heavy atom. The second-order valence-corrected chi connectivity index (χ2v) is 15.5. The molecule has 0 saturated carbocycles. The van der Waals surface area contributed by atoms with Crippen molar-refractivity contribution in [3.8, 4) is 22.5 Å². The van der Waals surface area contributed by atoms with Gasteiger partial charge in [0.05, 0.1) is 8.07 Å². The van der Waals surface area contributed by atoms with Gasteiger partial charge in [0.1, 0.15) is 11.2 Å². The number of aryl methyl sites for hydroxylation is 2. The van der Waals surface area contributed by atoms with Crippen LogP contribution in [0.2, 0.25) is 19.6 Å². The molecule has 0 bridgehead atoms. The van der Waals surface area contributed by atoms with E-state index in [4.69, 9.17) is 4.42 Å². The molecule has 0 saturated heterocycles. The topological polar surface area (TPSA) is 38.9 Å². The van der Waals surface area contributed by atoms with E-state index in [0.29, 0.717) is 0 Å². The van der Waals surface area contributed by atoms with Gasteiger partial charge in [0.15, 0.2) is 0 Å². The Morgan fingerprint density at radius 1 is 0.684 bits per heavy atom. The molecule has 6 rings (SSSR count). The number of pyridine rings is 2. The molecule has 0 N–H and O–H groups in total. The number of nitrogens with zero attached hydrogens (tertiary/aromatic N) is 2. The molecule has 0 fully saturated rings. The fourth-order valence-electron chi connectivity index (χ4n) is 4.14. The van der Waals surface area contributed by atoms with Crippen molar-refractivity contribution in [3.63, 3.8) is 0 Å². The van der Waals surface area contributed by atoms with Gasteiger partial charge in [-0.25, -0.2) is 0 Å². The van der Waals surface area contributed by atoms with Gasteiger partial charge in [-0.15, -0.1) is 70.4 Å². The maximum Gasteiger partial charge on any atom is 0.135 e. The molecule has 38 heavy (non-hydrogen) atoms. The summed E-state index contributed by atoms with van der Waals surface area (Å²) in [6.45, 7) is 11.1. The molecule has 193 valence electrons. The van der Waals surface area contributed by atoms with Crippen LogP contribution < -0.4 is 5.19 Å². The van der Waals surface area contributed by atoms with Crippen LogP contribution in [0.5, 0.6) is 0 Å². The third-order valence-electron chi connectivity index (χ3n) is 6.36. The molecule has 3 aromatic carbocycles. The van der Waals surface area contributed by atoms with Crippen LogP contribution in [0.3, 0.4) is 0 Å². The first-order valence-electron chi connectivity index (χ1n) is 12.5. The third kappa shape index (κ3) is 6.19. The number of benzene rings is 3. The number of para-hydroxylation sites is 1. The van der Waals surface area contributed by atoms with Crippen LogP contribution in [0, 0.1) is 26.0 Å². The van der Waals surface area contributed by atoms with Gasteiger partial charge in [-0.1, -0.05) is 56.9 Å². The van der Waals surface area contributed by atoms with E-state index in [1.54, 1.807) is 0 Å². The van der Waals surface area contributed by atoms with Crippen LogP contribution in [0.15, 0.2) is 95.7 Å². The summed E-state index contributed by atoms with van der Waals surface area (Å²) in [5, 5.41) is 3.59. The summed E-state index contributed by atoms with van der Waals surface area (Å²) in [5.41, 5.74) is 8.17. The number of furan rings is 1. The minimum absolute atomic E-state index is 0. The maximum absolute atomic E-state index is 5.97. The van der Waals surface area contributed by atoms with Crippen LogP contribution in [0.1, 0.15) is 11.1 Å². The molecule has 0 atom stereocenters. The van der Waals surface area contributed by atoms with Crippen molar-refractivity contribution in [1.82, 2.24) is 9.97 Å². The monoisotopic (exact) mass is 691 g/mol. The minimum atomic E-state index is -1.35. The van der Waals surface area contributed by atoms with Gasteiger partial charge in [0.25, 0.3) is 0 Å². The van der Waals surface area contributed by atoms with E-state index in [2.05, 4.69) is 79.0 Å². The van der Waals surface area contributed by atoms with E-state index in [0.717, 1.165) is 44.5 Å². The summed E-state index contributed by atoms with van der Waals surface area (Å²) in [6.07, 6.45) is 3.79. The van der Waals surface area contributed by atoms with Crippen molar-refractivity contribution in [1.29, 1.82) is 0 Å². The zero-order chi connectivity index (χ0) is 26.0. The van der Waals surface area contributed by atoms with Crippen molar-refractivity contribution in [2.24, 2.45) is 0 Å². The predicted octanol–water partition coefficient (Wildman–Crippen LogP) is 8.16. The van der Waals surface area contributed by atoms with Crippen LogP contribution >= 0.6 is 0 Å². The largest absolute Gasteiger partial charge is 0.457 e. The van der Waals surface area contributed by atoms with Crippen LogP contribution in [-0.2, 0) is 20.1 Å². The first-order chi connectivity index (χ1) is 17.8. The number of hydrogen-bond donors (Lipinski definition) is 0. The molecule has 0 amide bonds. The van der Waals surface area contributed by atoms with Gasteiger partial charge in [0, 0.05) is 43.3 Å². The quantitative estimate of drug-likeness (QED) is 0.139. The van der Waals surface area contributed by atoms with Crippen molar-refractivity contribution in [2.75, 3.05) is 0 Å². The van der Waals surface area contributed by atoms with Crippen LogP contribution in [0.25, 0.3) is 44.5 Å². The summed E-state index contributed by atoms with van der Waals surface area (Å²) in [5.74, 6) is 0. The molecule has 5 heteroatoms. The van der Waals surface area contributed by atoms with Crippen molar-refractivity contribution in [3.05, 3.63) is 115 Å². The number of fused-ring (bicyclic) bond motifs is 3. The van der Waals surface area contributed by atoms with E-state index < -0.39 is 8.07 Å². The van der Waals surface area contributed by atoms with Gasteiger partial charge in [-0.2, -0.15) is 0 Å². The van der Waals surface area contributed by atoms with Crippen molar-refractivity contribution in [2.45, 2.75) is 33.5 Å². The Hall–Kier alpha value is -3.37. The molecule has 6 aromatic rings. The van der Waals surface area contributed by atoms with E-state index in [1.807, 2.05) is 67.8 Å². The summed E-state index contributed by atoms with van der Waals surface area (Å²) in [6, 6.07) is 33.2. The first kappa shape index (κ1) is 27.7. The smallest absolute Gasteiger partial charge is 0.135 e. The fraction of sp³-hybridized carbons (Fsp3) is 0.152. The first-order valence-corrected chi connectivity index (χ1v) is 16.0. The fourth-order valence-corrected chi connectivity index (χ4v) is 5.30. The average molecular weight is 691 g/mol. The molecule has 3 aromatic heterocycles. The van der Waals surface area contributed by atoms with Gasteiger partial charge >= 0.3 is 0 Å². The SMILES string of the molecule is C[Si](C)(C)c1cc[c-]c(-c2cc3oc4ccccc4c3cn2)c1.Cc1c[c-]c(-c2ccc(C)cn2)cc1.[Ir]. The Morgan fingerprint density at radius 3 is 2.16 bits per heavy atom. The van der Waals surface area contributed by atoms with Crippen molar-refractivity contribution < 1.29 is 24.5 Å². The average Bonchev–Trinajstić information content (AvgIpc) is 3.28.